The Kier molecular flexibility index (Phi) is 6.58. The number of anilines is 1. The number of thioether (sulfide) groups is 1. The number of hydrogen-bond donors (Lipinski definition) is 3. The lowest BCUT2D eigenvalue weighted by Gasteiger charge is -2.46. The van der Waals surface area contributed by atoms with E-state index in [4.69, 9.17) is 5.11 Å². The minimum absolute atomic E-state index is 0.0386. The highest BCUT2D eigenvalue weighted by Crippen LogP contribution is 2.52. The molecular weight excluding hydrogens is 458 g/mol. The molecule has 0 saturated carbocycles. The van der Waals surface area contributed by atoms with Crippen LogP contribution in [0.2, 0.25) is 0 Å². The summed E-state index contributed by atoms with van der Waals surface area (Å²) in [5, 5.41) is 22.1. The second-order valence-corrected chi connectivity index (χ2v) is 10.7. The highest BCUT2D eigenvalue weighted by Gasteiger charge is 2.59. The van der Waals surface area contributed by atoms with E-state index in [0.717, 1.165) is 4.91 Å². The molecule has 1 aromatic rings. The number of aliphatic hydroxyl groups is 1. The summed E-state index contributed by atoms with van der Waals surface area (Å²) in [4.78, 5) is 53.6. The minimum Gasteiger partial charge on any atom is -0.478 e. The van der Waals surface area contributed by atoms with E-state index in [-0.39, 0.29) is 40.4 Å². The van der Waals surface area contributed by atoms with E-state index in [2.05, 4.69) is 5.32 Å². The number of nitrogens with one attached hydrogen (secondary N) is 1. The third-order valence-corrected chi connectivity index (χ3v) is 8.42. The van der Waals surface area contributed by atoms with Gasteiger partial charge >= 0.3 is 5.97 Å². The molecule has 0 bridgehead atoms. The zero-order valence-corrected chi connectivity index (χ0v) is 20.3. The van der Waals surface area contributed by atoms with Gasteiger partial charge in [0.05, 0.1) is 35.4 Å². The Morgan fingerprint density at radius 1 is 1.26 bits per heavy atom. The summed E-state index contributed by atoms with van der Waals surface area (Å²) in [5.74, 6) is -2.24. The quantitative estimate of drug-likeness (QED) is 0.497. The van der Waals surface area contributed by atoms with Gasteiger partial charge in [0.15, 0.2) is 5.78 Å². The average Bonchev–Trinajstić information content (AvgIpc) is 3.24. The van der Waals surface area contributed by atoms with Crippen molar-refractivity contribution in [1.29, 1.82) is 0 Å². The average molecular weight is 488 g/mol. The number of fused-ring (bicyclic) bond motifs is 1. The van der Waals surface area contributed by atoms with Crippen LogP contribution in [0.15, 0.2) is 34.9 Å². The van der Waals surface area contributed by atoms with Gasteiger partial charge in [-0.3, -0.25) is 19.3 Å². The van der Waals surface area contributed by atoms with Crippen molar-refractivity contribution in [2.75, 3.05) is 18.9 Å². The molecule has 3 heterocycles. The van der Waals surface area contributed by atoms with Crippen molar-refractivity contribution in [3.05, 3.63) is 40.4 Å². The number of aliphatic hydroxyl groups excluding tert-OH is 1. The highest BCUT2D eigenvalue weighted by molar-refractivity contribution is 8.03. The summed E-state index contributed by atoms with van der Waals surface area (Å²) in [6.45, 7) is 5.66. The number of likely N-dealkylation sites (tertiary alicyclic amines) is 1. The molecule has 34 heavy (non-hydrogen) atoms. The molecule has 0 radical (unpaired) electrons. The SMILES string of the molecule is CC(=O)C1=C(SC2C[C@@H](C(=O)Nc3cccc(C(=O)O)c3)N(C)C2)[C@H](C)[C@@H]2[C@@H]([C@@H](C)O)C(=O)N12. The van der Waals surface area contributed by atoms with Crippen LogP contribution in [0.1, 0.15) is 37.6 Å². The first-order valence-corrected chi connectivity index (χ1v) is 12.2. The summed E-state index contributed by atoms with van der Waals surface area (Å²) in [6.07, 6.45) is -0.232. The van der Waals surface area contributed by atoms with Gasteiger partial charge in [0.25, 0.3) is 0 Å². The summed E-state index contributed by atoms with van der Waals surface area (Å²) in [6, 6.07) is 5.49. The van der Waals surface area contributed by atoms with E-state index in [1.807, 2.05) is 18.9 Å². The molecule has 3 aliphatic heterocycles. The number of ketones is 1. The summed E-state index contributed by atoms with van der Waals surface area (Å²) >= 11 is 1.54. The van der Waals surface area contributed by atoms with Gasteiger partial charge in [0, 0.05) is 35.2 Å². The topological polar surface area (TPSA) is 127 Å². The molecule has 0 aromatic heterocycles. The van der Waals surface area contributed by atoms with Crippen molar-refractivity contribution in [3.63, 3.8) is 0 Å². The molecule has 2 amide bonds. The fraction of sp³-hybridized carbons (Fsp3) is 0.500. The van der Waals surface area contributed by atoms with Gasteiger partial charge in [-0.2, -0.15) is 0 Å². The number of allylic oxidation sites excluding steroid dienone is 1. The normalized spacial score (nSPS) is 29.6. The molecule has 0 aliphatic carbocycles. The van der Waals surface area contributed by atoms with E-state index < -0.39 is 24.0 Å². The number of carbonyl (C=O) groups is 4. The molecule has 2 saturated heterocycles. The predicted octanol–water partition coefficient (Wildman–Crippen LogP) is 1.79. The predicted molar refractivity (Wildman–Crippen MR) is 127 cm³/mol. The number of nitrogens with zero attached hydrogens (tertiary/aromatic N) is 2. The van der Waals surface area contributed by atoms with Crippen LogP contribution in [0.4, 0.5) is 5.69 Å². The Hall–Kier alpha value is -2.69. The third-order valence-electron chi connectivity index (χ3n) is 6.93. The number of amides is 2. The first kappa shape index (κ1) is 24.4. The molecule has 182 valence electrons. The highest BCUT2D eigenvalue weighted by atomic mass is 32.2. The third kappa shape index (κ3) is 4.14. The second-order valence-electron chi connectivity index (χ2n) is 9.33. The molecule has 3 N–H and O–H groups in total. The lowest BCUT2D eigenvalue weighted by atomic mass is 9.79. The number of hydrogen-bond acceptors (Lipinski definition) is 7. The number of carboxylic acid groups (broad SMARTS) is 1. The number of carbonyl (C=O) groups excluding carboxylic acids is 3. The number of β-lactam (4-membered cyclic amide) rings is 1. The molecule has 4 rings (SSSR count). The van der Waals surface area contributed by atoms with Crippen LogP contribution in [-0.2, 0) is 14.4 Å². The fourth-order valence-electron chi connectivity index (χ4n) is 5.29. The smallest absolute Gasteiger partial charge is 0.335 e. The van der Waals surface area contributed by atoms with Gasteiger partial charge in [-0.1, -0.05) is 13.0 Å². The van der Waals surface area contributed by atoms with Crippen LogP contribution >= 0.6 is 11.8 Å². The van der Waals surface area contributed by atoms with Crippen molar-refractivity contribution in [2.24, 2.45) is 11.8 Å². The lowest BCUT2D eigenvalue weighted by molar-refractivity contribution is -0.160. The molecule has 10 heteroatoms. The number of benzene rings is 1. The number of rotatable bonds is 7. The van der Waals surface area contributed by atoms with Gasteiger partial charge < -0.3 is 20.4 Å². The fourth-order valence-corrected chi connectivity index (χ4v) is 6.95. The van der Waals surface area contributed by atoms with Crippen LogP contribution in [0, 0.1) is 11.8 Å². The lowest BCUT2D eigenvalue weighted by Crippen LogP contribution is -2.63. The maximum atomic E-state index is 12.9. The Balaban J connectivity index is 1.47. The van der Waals surface area contributed by atoms with Crippen molar-refractivity contribution in [1.82, 2.24) is 9.80 Å². The van der Waals surface area contributed by atoms with Crippen molar-refractivity contribution < 1.29 is 29.4 Å². The van der Waals surface area contributed by atoms with Crippen molar-refractivity contribution in [3.8, 4) is 0 Å². The maximum absolute atomic E-state index is 12.9. The number of aromatic carboxylic acids is 1. The first-order valence-electron chi connectivity index (χ1n) is 11.3. The molecule has 2 fully saturated rings. The summed E-state index contributed by atoms with van der Waals surface area (Å²) in [5.41, 5.74) is 0.942. The van der Waals surface area contributed by atoms with Crippen LogP contribution < -0.4 is 5.32 Å². The van der Waals surface area contributed by atoms with E-state index in [9.17, 15) is 24.3 Å². The maximum Gasteiger partial charge on any atom is 0.335 e. The molecule has 3 aliphatic rings. The standard InChI is InChI=1S/C24H29N3O6S/c1-11-19-18(12(2)28)23(31)27(19)20(13(3)29)21(11)34-16-9-17(26(4)10-16)22(30)25-15-7-5-6-14(8-15)24(32)33/h5-8,11-12,16-19,28H,9-10H2,1-4H3,(H,25,30)(H,32,33)/t11-,12-,16?,17+,18-,19-/m1/s1. The molecule has 0 spiro atoms. The molecular formula is C24H29N3O6S. The number of Topliss-reactive ketones (excluding diaryl/α,β-unsaturated/α-hetero) is 1. The van der Waals surface area contributed by atoms with Gasteiger partial charge in [0.2, 0.25) is 11.8 Å². The minimum atomic E-state index is -1.06. The summed E-state index contributed by atoms with van der Waals surface area (Å²) < 4.78 is 0. The number of carboxylic acids is 1. The zero-order chi connectivity index (χ0) is 24.9. The van der Waals surface area contributed by atoms with Gasteiger partial charge in [-0.05, 0) is 38.6 Å². The van der Waals surface area contributed by atoms with Crippen LogP contribution in [0.25, 0.3) is 0 Å². The molecule has 9 nitrogen and oxygen atoms in total. The Labute approximate surface area is 202 Å². The largest absolute Gasteiger partial charge is 0.478 e. The van der Waals surface area contributed by atoms with E-state index in [1.54, 1.807) is 35.7 Å². The van der Waals surface area contributed by atoms with E-state index in [0.29, 0.717) is 24.4 Å². The number of likely N-dealkylation sites (N-methyl/N-ethyl adjacent to an activating group) is 1. The molecule has 1 unspecified atom stereocenters. The van der Waals surface area contributed by atoms with Crippen LogP contribution in [-0.4, -0.2) is 80.6 Å². The van der Waals surface area contributed by atoms with Crippen molar-refractivity contribution in [2.45, 2.75) is 50.6 Å². The molecule has 1 aromatic carbocycles. The Morgan fingerprint density at radius 3 is 2.59 bits per heavy atom. The van der Waals surface area contributed by atoms with E-state index >= 15 is 0 Å². The van der Waals surface area contributed by atoms with Gasteiger partial charge in [-0.25, -0.2) is 4.79 Å². The monoisotopic (exact) mass is 487 g/mol. The van der Waals surface area contributed by atoms with E-state index in [1.165, 1.54) is 19.1 Å². The Morgan fingerprint density at radius 2 is 1.97 bits per heavy atom. The first-order chi connectivity index (χ1) is 16.0. The van der Waals surface area contributed by atoms with Gasteiger partial charge in [0.1, 0.15) is 0 Å². The van der Waals surface area contributed by atoms with Gasteiger partial charge in [-0.15, -0.1) is 11.8 Å². The van der Waals surface area contributed by atoms with Crippen molar-refractivity contribution >= 4 is 41.0 Å². The second kappa shape index (κ2) is 9.16. The summed E-state index contributed by atoms with van der Waals surface area (Å²) in [7, 11) is 1.86. The molecule has 6 atom stereocenters. The van der Waals surface area contributed by atoms with Crippen LogP contribution in [0.5, 0.6) is 0 Å². The Bertz CT molecular complexity index is 1090. The van der Waals surface area contributed by atoms with Crippen LogP contribution in [0.3, 0.4) is 0 Å². The zero-order valence-electron chi connectivity index (χ0n) is 19.5.